The van der Waals surface area contributed by atoms with Gasteiger partial charge in [0.1, 0.15) is 5.01 Å². The highest BCUT2D eigenvalue weighted by atomic mass is 32.1. The number of hydrogen-bond donors (Lipinski definition) is 0. The third kappa shape index (κ3) is 3.31. The summed E-state index contributed by atoms with van der Waals surface area (Å²) in [6, 6.07) is 9.34. The van der Waals surface area contributed by atoms with Crippen LogP contribution in [0.5, 0.6) is 0 Å². The zero-order valence-corrected chi connectivity index (χ0v) is 14.4. The average molecular weight is 316 g/mol. The van der Waals surface area contributed by atoms with E-state index in [0.29, 0.717) is 6.04 Å². The van der Waals surface area contributed by atoms with Gasteiger partial charge in [-0.15, -0.1) is 0 Å². The lowest BCUT2D eigenvalue weighted by molar-refractivity contribution is 0.175. The van der Waals surface area contributed by atoms with E-state index in [2.05, 4.69) is 45.4 Å². The summed E-state index contributed by atoms with van der Waals surface area (Å²) in [4.78, 5) is 9.10. The van der Waals surface area contributed by atoms with Crippen molar-refractivity contribution < 1.29 is 0 Å². The summed E-state index contributed by atoms with van der Waals surface area (Å²) < 4.78 is 4.37. The number of likely N-dealkylation sites (tertiary alicyclic amines) is 1. The monoisotopic (exact) mass is 316 g/mol. The molecule has 0 N–H and O–H groups in total. The van der Waals surface area contributed by atoms with Crippen LogP contribution in [-0.4, -0.2) is 41.4 Å². The first-order valence-electron chi connectivity index (χ1n) is 8.00. The number of piperidine rings is 1. The standard InChI is InChI=1S/C17H24N4S/c1-13(21-11-5-4-6-12-21)14-7-9-15(10-8-14)16-18-17(19-22-16)20(2)3/h7-10,13H,4-6,11-12H2,1-3H3/t13-/m0/s1. The van der Waals surface area contributed by atoms with Gasteiger partial charge in [0, 0.05) is 25.7 Å². The molecule has 4 nitrogen and oxygen atoms in total. The molecule has 5 heteroatoms. The van der Waals surface area contributed by atoms with Crippen LogP contribution in [0.2, 0.25) is 0 Å². The van der Waals surface area contributed by atoms with Crippen molar-refractivity contribution in [1.29, 1.82) is 0 Å². The fourth-order valence-corrected chi connectivity index (χ4v) is 3.67. The van der Waals surface area contributed by atoms with Gasteiger partial charge in [0.2, 0.25) is 5.95 Å². The maximum atomic E-state index is 4.57. The number of anilines is 1. The first-order chi connectivity index (χ1) is 10.6. The van der Waals surface area contributed by atoms with Crippen LogP contribution in [0.3, 0.4) is 0 Å². The van der Waals surface area contributed by atoms with Gasteiger partial charge in [-0.05, 0) is 50.0 Å². The zero-order valence-electron chi connectivity index (χ0n) is 13.6. The number of benzene rings is 1. The minimum atomic E-state index is 0.501. The summed E-state index contributed by atoms with van der Waals surface area (Å²) >= 11 is 1.46. The van der Waals surface area contributed by atoms with E-state index in [0.717, 1.165) is 16.5 Å². The van der Waals surface area contributed by atoms with E-state index < -0.39 is 0 Å². The van der Waals surface area contributed by atoms with Crippen molar-refractivity contribution in [2.45, 2.75) is 32.2 Å². The first kappa shape index (κ1) is 15.4. The van der Waals surface area contributed by atoms with Crippen LogP contribution >= 0.6 is 11.5 Å². The number of rotatable bonds is 4. The average Bonchev–Trinajstić information content (AvgIpc) is 3.05. The maximum Gasteiger partial charge on any atom is 0.237 e. The van der Waals surface area contributed by atoms with Crippen molar-refractivity contribution in [2.75, 3.05) is 32.1 Å². The Morgan fingerprint density at radius 1 is 1.09 bits per heavy atom. The summed E-state index contributed by atoms with van der Waals surface area (Å²) in [5.41, 5.74) is 2.54. The molecule has 1 aromatic carbocycles. The predicted octanol–water partition coefficient (Wildman–Crippen LogP) is 3.82. The summed E-state index contributed by atoms with van der Waals surface area (Å²) in [5, 5.41) is 0.987. The minimum absolute atomic E-state index is 0.501. The molecule has 22 heavy (non-hydrogen) atoms. The van der Waals surface area contributed by atoms with Crippen molar-refractivity contribution in [3.63, 3.8) is 0 Å². The van der Waals surface area contributed by atoms with Crippen LogP contribution in [-0.2, 0) is 0 Å². The molecule has 0 spiro atoms. The second kappa shape index (κ2) is 6.75. The molecule has 0 aliphatic carbocycles. The molecule has 0 bridgehead atoms. The van der Waals surface area contributed by atoms with Crippen molar-refractivity contribution in [3.05, 3.63) is 29.8 Å². The predicted molar refractivity (Wildman–Crippen MR) is 93.5 cm³/mol. The van der Waals surface area contributed by atoms with E-state index >= 15 is 0 Å². The molecule has 1 aliphatic heterocycles. The molecule has 0 radical (unpaired) electrons. The molecule has 118 valence electrons. The molecule has 1 fully saturated rings. The van der Waals surface area contributed by atoms with E-state index in [1.54, 1.807) is 0 Å². The van der Waals surface area contributed by atoms with Gasteiger partial charge in [-0.2, -0.15) is 9.36 Å². The van der Waals surface area contributed by atoms with E-state index in [-0.39, 0.29) is 0 Å². The Labute approximate surface area is 137 Å². The molecular weight excluding hydrogens is 292 g/mol. The van der Waals surface area contributed by atoms with Gasteiger partial charge in [0.15, 0.2) is 0 Å². The highest BCUT2D eigenvalue weighted by molar-refractivity contribution is 7.09. The van der Waals surface area contributed by atoms with Crippen LogP contribution in [0.4, 0.5) is 5.95 Å². The largest absolute Gasteiger partial charge is 0.346 e. The first-order valence-corrected chi connectivity index (χ1v) is 8.78. The lowest BCUT2D eigenvalue weighted by Gasteiger charge is -2.32. The molecule has 1 atom stereocenters. The van der Waals surface area contributed by atoms with Crippen molar-refractivity contribution in [2.24, 2.45) is 0 Å². The van der Waals surface area contributed by atoms with E-state index in [1.165, 1.54) is 49.4 Å². The number of nitrogens with zero attached hydrogens (tertiary/aromatic N) is 4. The van der Waals surface area contributed by atoms with Gasteiger partial charge in [-0.25, -0.2) is 0 Å². The Hall–Kier alpha value is -1.46. The topological polar surface area (TPSA) is 32.3 Å². The second-order valence-electron chi connectivity index (χ2n) is 6.19. The molecule has 1 aromatic heterocycles. The Morgan fingerprint density at radius 2 is 1.77 bits per heavy atom. The van der Waals surface area contributed by atoms with Gasteiger partial charge in [-0.3, -0.25) is 4.90 Å². The minimum Gasteiger partial charge on any atom is -0.346 e. The maximum absolute atomic E-state index is 4.57. The lowest BCUT2D eigenvalue weighted by atomic mass is 10.0. The number of hydrogen-bond acceptors (Lipinski definition) is 5. The fraction of sp³-hybridized carbons (Fsp3) is 0.529. The third-order valence-electron chi connectivity index (χ3n) is 4.39. The van der Waals surface area contributed by atoms with Crippen LogP contribution in [0.25, 0.3) is 10.6 Å². The van der Waals surface area contributed by atoms with Gasteiger partial charge < -0.3 is 4.90 Å². The van der Waals surface area contributed by atoms with Gasteiger partial charge in [-0.1, -0.05) is 30.7 Å². The van der Waals surface area contributed by atoms with E-state index in [9.17, 15) is 0 Å². The molecule has 1 saturated heterocycles. The fourth-order valence-electron chi connectivity index (χ4n) is 2.94. The Balaban J connectivity index is 1.74. The summed E-state index contributed by atoms with van der Waals surface area (Å²) in [6.07, 6.45) is 4.05. The van der Waals surface area contributed by atoms with Gasteiger partial charge in [0.25, 0.3) is 0 Å². The number of aromatic nitrogens is 2. The molecule has 3 rings (SSSR count). The molecule has 0 unspecified atom stereocenters. The van der Waals surface area contributed by atoms with Crippen molar-refractivity contribution >= 4 is 17.5 Å². The molecule has 2 heterocycles. The molecule has 1 aliphatic rings. The van der Waals surface area contributed by atoms with E-state index in [4.69, 9.17) is 0 Å². The Kier molecular flexibility index (Phi) is 4.74. The molecule has 0 amide bonds. The normalized spacial score (nSPS) is 17.4. The molecule has 0 saturated carbocycles. The van der Waals surface area contributed by atoms with E-state index in [1.807, 2.05) is 19.0 Å². The summed E-state index contributed by atoms with van der Waals surface area (Å²) in [7, 11) is 3.93. The molecular formula is C17H24N4S. The Bertz CT molecular complexity index is 599. The SMILES string of the molecule is C[C@@H](c1ccc(-c2nc(N(C)C)ns2)cc1)N1CCCCC1. The van der Waals surface area contributed by atoms with Gasteiger partial charge >= 0.3 is 0 Å². The Morgan fingerprint density at radius 3 is 2.36 bits per heavy atom. The smallest absolute Gasteiger partial charge is 0.237 e. The van der Waals surface area contributed by atoms with Crippen LogP contribution in [0.15, 0.2) is 24.3 Å². The van der Waals surface area contributed by atoms with Crippen LogP contribution in [0.1, 0.15) is 37.8 Å². The lowest BCUT2D eigenvalue weighted by Crippen LogP contribution is -2.32. The second-order valence-corrected chi connectivity index (χ2v) is 6.94. The quantitative estimate of drug-likeness (QED) is 0.858. The van der Waals surface area contributed by atoms with Crippen molar-refractivity contribution in [3.8, 4) is 10.6 Å². The van der Waals surface area contributed by atoms with Crippen LogP contribution < -0.4 is 4.90 Å². The highest BCUT2D eigenvalue weighted by Crippen LogP contribution is 2.28. The third-order valence-corrected chi connectivity index (χ3v) is 5.15. The van der Waals surface area contributed by atoms with Crippen molar-refractivity contribution in [1.82, 2.24) is 14.3 Å². The summed E-state index contributed by atoms with van der Waals surface area (Å²) in [6.45, 7) is 4.77. The zero-order chi connectivity index (χ0) is 15.5. The van der Waals surface area contributed by atoms with Crippen LogP contribution in [0, 0.1) is 0 Å². The summed E-state index contributed by atoms with van der Waals surface area (Å²) in [5.74, 6) is 0.783. The highest BCUT2D eigenvalue weighted by Gasteiger charge is 2.18. The molecule has 2 aromatic rings. The van der Waals surface area contributed by atoms with Gasteiger partial charge in [0.05, 0.1) is 0 Å².